The Labute approximate surface area is 123 Å². The molecule has 3 N–H and O–H groups in total. The lowest BCUT2D eigenvalue weighted by molar-refractivity contribution is -0.111. The molecule has 1 aliphatic rings. The fourth-order valence-corrected chi connectivity index (χ4v) is 3.00. The molecule has 2 rings (SSSR count). The molecule has 6 heteroatoms. The maximum Gasteiger partial charge on any atom is 0.0929 e. The lowest BCUT2D eigenvalue weighted by Crippen LogP contribution is -2.51. The first kappa shape index (κ1) is 15.0. The number of hydrogen-bond acceptors (Lipinski definition) is 4. The number of hydrogen-bond donors (Lipinski definition) is 2. The van der Waals surface area contributed by atoms with Crippen LogP contribution in [0, 0.1) is 0 Å². The van der Waals surface area contributed by atoms with Gasteiger partial charge in [-0.1, -0.05) is 23.2 Å². The van der Waals surface area contributed by atoms with E-state index in [4.69, 9.17) is 38.5 Å². The Hall–Kier alpha value is -0.360. The highest BCUT2D eigenvalue weighted by Gasteiger charge is 2.42. The Morgan fingerprint density at radius 1 is 1.37 bits per heavy atom. The van der Waals surface area contributed by atoms with Crippen molar-refractivity contribution in [1.82, 2.24) is 5.43 Å². The SMILES string of the molecule is COC1(C(NN)c2cc(Cl)ccc2Cl)CCOCC1. The molecule has 1 aromatic carbocycles. The first-order valence-corrected chi connectivity index (χ1v) is 6.92. The minimum Gasteiger partial charge on any atom is -0.381 e. The third-order valence-corrected chi connectivity index (χ3v) is 4.29. The fourth-order valence-electron chi connectivity index (χ4n) is 2.59. The van der Waals surface area contributed by atoms with Gasteiger partial charge < -0.3 is 9.47 Å². The van der Waals surface area contributed by atoms with Gasteiger partial charge in [0.2, 0.25) is 0 Å². The number of nitrogens with two attached hydrogens (primary N) is 1. The fraction of sp³-hybridized carbons (Fsp3) is 0.538. The normalized spacial score (nSPS) is 20.2. The van der Waals surface area contributed by atoms with Gasteiger partial charge >= 0.3 is 0 Å². The van der Waals surface area contributed by atoms with Crippen LogP contribution in [0.4, 0.5) is 0 Å². The summed E-state index contributed by atoms with van der Waals surface area (Å²) in [5.41, 5.74) is 3.24. The molecule has 0 bridgehead atoms. The van der Waals surface area contributed by atoms with Crippen molar-refractivity contribution in [2.24, 2.45) is 5.84 Å². The van der Waals surface area contributed by atoms with Gasteiger partial charge in [-0.15, -0.1) is 0 Å². The molecule has 0 aromatic heterocycles. The van der Waals surface area contributed by atoms with Gasteiger partial charge in [0.05, 0.1) is 11.6 Å². The average Bonchev–Trinajstić information content (AvgIpc) is 2.44. The zero-order valence-electron chi connectivity index (χ0n) is 10.8. The van der Waals surface area contributed by atoms with Gasteiger partial charge in [-0.3, -0.25) is 11.3 Å². The summed E-state index contributed by atoms with van der Waals surface area (Å²) < 4.78 is 11.2. The maximum absolute atomic E-state index is 6.27. The summed E-state index contributed by atoms with van der Waals surface area (Å²) >= 11 is 12.3. The van der Waals surface area contributed by atoms with Crippen molar-refractivity contribution in [2.75, 3.05) is 20.3 Å². The van der Waals surface area contributed by atoms with Crippen LogP contribution in [0.2, 0.25) is 10.0 Å². The van der Waals surface area contributed by atoms with Crippen LogP contribution in [0.5, 0.6) is 0 Å². The lowest BCUT2D eigenvalue weighted by atomic mass is 9.82. The molecule has 0 radical (unpaired) electrons. The van der Waals surface area contributed by atoms with Crippen LogP contribution in [0.3, 0.4) is 0 Å². The molecule has 1 aliphatic heterocycles. The largest absolute Gasteiger partial charge is 0.381 e. The predicted molar refractivity (Wildman–Crippen MR) is 76.3 cm³/mol. The van der Waals surface area contributed by atoms with Crippen LogP contribution in [0.25, 0.3) is 0 Å². The molecule has 1 heterocycles. The van der Waals surface area contributed by atoms with Crippen molar-refractivity contribution in [3.8, 4) is 0 Å². The summed E-state index contributed by atoms with van der Waals surface area (Å²) in [5.74, 6) is 5.74. The third kappa shape index (κ3) is 3.05. The molecule has 1 unspecified atom stereocenters. The molecule has 0 amide bonds. The summed E-state index contributed by atoms with van der Waals surface area (Å²) in [6.45, 7) is 1.29. The Morgan fingerprint density at radius 2 is 2.05 bits per heavy atom. The van der Waals surface area contributed by atoms with E-state index in [-0.39, 0.29) is 6.04 Å². The van der Waals surface area contributed by atoms with Crippen molar-refractivity contribution in [3.05, 3.63) is 33.8 Å². The van der Waals surface area contributed by atoms with Gasteiger partial charge in [-0.05, 0) is 23.8 Å². The Balaban J connectivity index is 2.39. The zero-order valence-corrected chi connectivity index (χ0v) is 12.3. The van der Waals surface area contributed by atoms with Gasteiger partial charge in [0.25, 0.3) is 0 Å². The molecule has 1 fully saturated rings. The minimum absolute atomic E-state index is 0.229. The van der Waals surface area contributed by atoms with Crippen molar-refractivity contribution in [2.45, 2.75) is 24.5 Å². The van der Waals surface area contributed by atoms with E-state index in [2.05, 4.69) is 5.43 Å². The summed E-state index contributed by atoms with van der Waals surface area (Å²) in [6, 6.07) is 5.12. The van der Waals surface area contributed by atoms with E-state index in [0.717, 1.165) is 18.4 Å². The smallest absolute Gasteiger partial charge is 0.0929 e. The highest BCUT2D eigenvalue weighted by molar-refractivity contribution is 6.33. The number of halogens is 2. The molecule has 4 nitrogen and oxygen atoms in total. The molecule has 1 saturated heterocycles. The van der Waals surface area contributed by atoms with Crippen molar-refractivity contribution >= 4 is 23.2 Å². The molecular weight excluding hydrogens is 287 g/mol. The van der Waals surface area contributed by atoms with E-state index >= 15 is 0 Å². The number of hydrazine groups is 1. The Kier molecular flexibility index (Phi) is 5.06. The Bertz CT molecular complexity index is 437. The van der Waals surface area contributed by atoms with Crippen molar-refractivity contribution in [1.29, 1.82) is 0 Å². The topological polar surface area (TPSA) is 56.5 Å². The van der Waals surface area contributed by atoms with E-state index in [1.165, 1.54) is 0 Å². The zero-order chi connectivity index (χ0) is 13.9. The van der Waals surface area contributed by atoms with Crippen LogP contribution < -0.4 is 11.3 Å². The van der Waals surface area contributed by atoms with Crippen LogP contribution in [-0.2, 0) is 9.47 Å². The molecule has 0 aliphatic carbocycles. The van der Waals surface area contributed by atoms with Gasteiger partial charge in [-0.2, -0.15) is 0 Å². The number of methoxy groups -OCH3 is 1. The molecule has 0 saturated carbocycles. The lowest BCUT2D eigenvalue weighted by Gasteiger charge is -2.42. The minimum atomic E-state index is -0.429. The van der Waals surface area contributed by atoms with Crippen molar-refractivity contribution < 1.29 is 9.47 Å². The molecule has 1 atom stereocenters. The van der Waals surface area contributed by atoms with E-state index in [1.54, 1.807) is 19.2 Å². The van der Waals surface area contributed by atoms with Crippen LogP contribution >= 0.6 is 23.2 Å². The van der Waals surface area contributed by atoms with Crippen LogP contribution in [0.15, 0.2) is 18.2 Å². The third-order valence-electron chi connectivity index (χ3n) is 3.71. The predicted octanol–water partition coefficient (Wildman–Crippen LogP) is 2.69. The van der Waals surface area contributed by atoms with Gasteiger partial charge in [0.15, 0.2) is 0 Å². The monoisotopic (exact) mass is 304 g/mol. The van der Waals surface area contributed by atoms with Gasteiger partial charge in [0.1, 0.15) is 0 Å². The summed E-state index contributed by atoms with van der Waals surface area (Å²) in [6.07, 6.45) is 1.50. The summed E-state index contributed by atoms with van der Waals surface area (Å²) in [7, 11) is 1.69. The average molecular weight is 305 g/mol. The second kappa shape index (κ2) is 6.39. The summed E-state index contributed by atoms with van der Waals surface area (Å²) in [4.78, 5) is 0. The number of rotatable bonds is 4. The quantitative estimate of drug-likeness (QED) is 0.663. The summed E-state index contributed by atoms with van der Waals surface area (Å²) in [5, 5.41) is 1.24. The van der Waals surface area contributed by atoms with Crippen LogP contribution in [0.1, 0.15) is 24.4 Å². The number of nitrogens with one attached hydrogen (secondary N) is 1. The van der Waals surface area contributed by atoms with E-state index in [0.29, 0.717) is 23.3 Å². The highest BCUT2D eigenvalue weighted by atomic mass is 35.5. The standard InChI is InChI=1S/C13H18Cl2N2O2/c1-18-13(4-6-19-7-5-13)12(17-16)10-8-9(14)2-3-11(10)15/h2-3,8,12,17H,4-7,16H2,1H3. The first-order valence-electron chi connectivity index (χ1n) is 6.17. The highest BCUT2D eigenvalue weighted by Crippen LogP contribution is 2.40. The molecule has 106 valence electrons. The molecule has 19 heavy (non-hydrogen) atoms. The Morgan fingerprint density at radius 3 is 2.63 bits per heavy atom. The van der Waals surface area contributed by atoms with Crippen LogP contribution in [-0.4, -0.2) is 25.9 Å². The molecule has 0 spiro atoms. The second-order valence-corrected chi connectivity index (χ2v) is 5.49. The molecule has 1 aromatic rings. The number of ether oxygens (including phenoxy) is 2. The second-order valence-electron chi connectivity index (χ2n) is 4.65. The first-order chi connectivity index (χ1) is 9.13. The van der Waals surface area contributed by atoms with Gasteiger partial charge in [-0.25, -0.2) is 0 Å². The van der Waals surface area contributed by atoms with Crippen molar-refractivity contribution in [3.63, 3.8) is 0 Å². The number of benzene rings is 1. The van der Waals surface area contributed by atoms with E-state index in [1.807, 2.05) is 6.07 Å². The van der Waals surface area contributed by atoms with Gasteiger partial charge in [0, 0.05) is 43.2 Å². The molecular formula is C13H18Cl2N2O2. The van der Waals surface area contributed by atoms with E-state index < -0.39 is 5.60 Å². The van der Waals surface area contributed by atoms with E-state index in [9.17, 15) is 0 Å². The maximum atomic E-state index is 6.27.